The molecule has 0 atom stereocenters. The van der Waals surface area contributed by atoms with Crippen molar-refractivity contribution in [2.45, 2.75) is 6.18 Å². The monoisotopic (exact) mass is 339 g/mol. The lowest BCUT2D eigenvalue weighted by Gasteiger charge is -2.05. The van der Waals surface area contributed by atoms with Gasteiger partial charge in [0.15, 0.2) is 11.6 Å². The van der Waals surface area contributed by atoms with Crippen LogP contribution in [0.1, 0.15) is 16.7 Å². The largest absolute Gasteiger partial charge is 0.416 e. The van der Waals surface area contributed by atoms with Crippen molar-refractivity contribution in [1.29, 1.82) is 0 Å². The van der Waals surface area contributed by atoms with Gasteiger partial charge in [-0.15, -0.1) is 0 Å². The summed E-state index contributed by atoms with van der Waals surface area (Å²) in [5.41, 5.74) is -1.08. The van der Waals surface area contributed by atoms with Gasteiger partial charge in [-0.3, -0.25) is 0 Å². The molecule has 0 N–H and O–H groups in total. The Labute approximate surface area is 133 Å². The summed E-state index contributed by atoms with van der Waals surface area (Å²) >= 11 is 4.28. The van der Waals surface area contributed by atoms with E-state index in [9.17, 15) is 22.0 Å². The second-order valence-electron chi connectivity index (χ2n) is 4.32. The third kappa shape index (κ3) is 4.22. The molecule has 0 aliphatic carbocycles. The van der Waals surface area contributed by atoms with Gasteiger partial charge in [0.25, 0.3) is 0 Å². The van der Waals surface area contributed by atoms with Gasteiger partial charge in [0.1, 0.15) is 5.69 Å². The standard InChI is InChI=1S/C16H6F5NS/c17-13-7-11(8-14(18)15(13)22-9-23)2-1-10-3-5-12(6-4-10)16(19,20)21/h3-8H. The van der Waals surface area contributed by atoms with Crippen LogP contribution in [0.4, 0.5) is 27.6 Å². The highest BCUT2D eigenvalue weighted by molar-refractivity contribution is 7.78. The Kier molecular flexibility index (Phi) is 4.89. The van der Waals surface area contributed by atoms with E-state index < -0.39 is 29.1 Å². The highest BCUT2D eigenvalue weighted by atomic mass is 32.1. The zero-order valence-corrected chi connectivity index (χ0v) is 12.0. The summed E-state index contributed by atoms with van der Waals surface area (Å²) in [6, 6.07) is 6.00. The number of alkyl halides is 3. The van der Waals surface area contributed by atoms with E-state index in [2.05, 4.69) is 29.1 Å². The molecule has 0 saturated heterocycles. The van der Waals surface area contributed by atoms with E-state index in [-0.39, 0.29) is 11.1 Å². The predicted octanol–water partition coefficient (Wildman–Crippen LogP) is 5.12. The minimum atomic E-state index is -4.43. The Morgan fingerprint density at radius 1 is 0.870 bits per heavy atom. The summed E-state index contributed by atoms with van der Waals surface area (Å²) in [5, 5.41) is 1.86. The first kappa shape index (κ1) is 16.8. The lowest BCUT2D eigenvalue weighted by molar-refractivity contribution is -0.137. The molecule has 1 nitrogen and oxygen atoms in total. The van der Waals surface area contributed by atoms with Gasteiger partial charge in [-0.2, -0.15) is 18.2 Å². The lowest BCUT2D eigenvalue weighted by Crippen LogP contribution is -2.04. The van der Waals surface area contributed by atoms with Gasteiger partial charge >= 0.3 is 6.18 Å². The maximum absolute atomic E-state index is 13.6. The molecule has 2 rings (SSSR count). The van der Waals surface area contributed by atoms with Crippen molar-refractivity contribution in [2.24, 2.45) is 4.99 Å². The van der Waals surface area contributed by atoms with Gasteiger partial charge in [0.05, 0.1) is 10.7 Å². The zero-order chi connectivity index (χ0) is 17.0. The Hall–Kier alpha value is -2.55. The second kappa shape index (κ2) is 6.69. The molecule has 0 radical (unpaired) electrons. The maximum atomic E-state index is 13.6. The molecular formula is C16H6F5NS. The van der Waals surface area contributed by atoms with Crippen LogP contribution in [0.3, 0.4) is 0 Å². The van der Waals surface area contributed by atoms with Crippen LogP contribution in [0, 0.1) is 23.5 Å². The minimum absolute atomic E-state index is 0.0169. The van der Waals surface area contributed by atoms with Gasteiger partial charge in [-0.1, -0.05) is 11.8 Å². The van der Waals surface area contributed by atoms with E-state index in [4.69, 9.17) is 0 Å². The number of isothiocyanates is 1. The fourth-order valence-corrected chi connectivity index (χ4v) is 1.77. The van der Waals surface area contributed by atoms with Crippen molar-refractivity contribution >= 4 is 23.1 Å². The van der Waals surface area contributed by atoms with Gasteiger partial charge in [-0.05, 0) is 48.6 Å². The molecule has 0 bridgehead atoms. The van der Waals surface area contributed by atoms with Gasteiger partial charge in [0.2, 0.25) is 0 Å². The molecule has 0 amide bonds. The molecule has 0 unspecified atom stereocenters. The van der Waals surface area contributed by atoms with Crippen molar-refractivity contribution in [3.63, 3.8) is 0 Å². The topological polar surface area (TPSA) is 12.4 Å². The molecule has 0 aromatic heterocycles. The summed E-state index contributed by atoms with van der Waals surface area (Å²) < 4.78 is 64.4. The molecule has 2 aromatic carbocycles. The van der Waals surface area contributed by atoms with E-state index in [1.54, 1.807) is 0 Å². The normalized spacial score (nSPS) is 10.5. The van der Waals surface area contributed by atoms with Crippen molar-refractivity contribution in [2.75, 3.05) is 0 Å². The number of hydrogen-bond donors (Lipinski definition) is 0. The fourth-order valence-electron chi connectivity index (χ4n) is 1.68. The molecule has 0 aliphatic rings. The maximum Gasteiger partial charge on any atom is 0.416 e. The third-order valence-corrected chi connectivity index (χ3v) is 2.83. The van der Waals surface area contributed by atoms with E-state index in [1.807, 2.05) is 5.16 Å². The highest BCUT2D eigenvalue weighted by Crippen LogP contribution is 2.29. The molecule has 0 saturated carbocycles. The van der Waals surface area contributed by atoms with E-state index in [0.717, 1.165) is 24.3 Å². The Balaban J connectivity index is 2.30. The van der Waals surface area contributed by atoms with Crippen LogP contribution in [-0.4, -0.2) is 5.16 Å². The van der Waals surface area contributed by atoms with Crippen LogP contribution in [0.5, 0.6) is 0 Å². The van der Waals surface area contributed by atoms with Crippen molar-refractivity contribution in [3.05, 3.63) is 64.7 Å². The second-order valence-corrected chi connectivity index (χ2v) is 4.50. The molecule has 0 aliphatic heterocycles. The van der Waals surface area contributed by atoms with Crippen molar-refractivity contribution < 1.29 is 22.0 Å². The van der Waals surface area contributed by atoms with Crippen LogP contribution in [-0.2, 0) is 6.18 Å². The smallest absolute Gasteiger partial charge is 0.204 e. The number of benzene rings is 2. The number of aliphatic imine (C=N–C) groups is 1. The quantitative estimate of drug-likeness (QED) is 0.304. The average Bonchev–Trinajstić information content (AvgIpc) is 2.48. The van der Waals surface area contributed by atoms with Gasteiger partial charge in [0, 0.05) is 11.1 Å². The molecule has 116 valence electrons. The third-order valence-electron chi connectivity index (χ3n) is 2.74. The number of nitrogens with zero attached hydrogens (tertiary/aromatic N) is 1. The average molecular weight is 339 g/mol. The Morgan fingerprint density at radius 3 is 1.87 bits per heavy atom. The summed E-state index contributed by atoms with van der Waals surface area (Å²) in [5.74, 6) is 3.08. The SMILES string of the molecule is Fc1cc(C#Cc2ccc(C(F)(F)F)cc2)cc(F)c1N=C=S. The fraction of sp³-hybridized carbons (Fsp3) is 0.0625. The first-order valence-corrected chi connectivity index (χ1v) is 6.48. The molecule has 7 heteroatoms. The summed E-state index contributed by atoms with van der Waals surface area (Å²) in [6.45, 7) is 0. The van der Waals surface area contributed by atoms with Gasteiger partial charge in [-0.25, -0.2) is 8.78 Å². The van der Waals surface area contributed by atoms with Crippen LogP contribution in [0.2, 0.25) is 0 Å². The summed E-state index contributed by atoms with van der Waals surface area (Å²) in [6.07, 6.45) is -4.43. The molecule has 0 heterocycles. The van der Waals surface area contributed by atoms with Crippen molar-refractivity contribution in [3.8, 4) is 11.8 Å². The summed E-state index contributed by atoms with van der Waals surface area (Å²) in [7, 11) is 0. The minimum Gasteiger partial charge on any atom is -0.204 e. The molecule has 0 fully saturated rings. The number of hydrogen-bond acceptors (Lipinski definition) is 2. The molecular weight excluding hydrogens is 333 g/mol. The van der Waals surface area contributed by atoms with E-state index in [0.29, 0.717) is 0 Å². The van der Waals surface area contributed by atoms with Crippen LogP contribution < -0.4 is 0 Å². The molecule has 23 heavy (non-hydrogen) atoms. The van der Waals surface area contributed by atoms with E-state index in [1.165, 1.54) is 12.1 Å². The summed E-state index contributed by atoms with van der Waals surface area (Å²) in [4.78, 5) is 3.26. The number of rotatable bonds is 1. The Morgan fingerprint density at radius 2 is 1.39 bits per heavy atom. The highest BCUT2D eigenvalue weighted by Gasteiger charge is 2.29. The van der Waals surface area contributed by atoms with Crippen LogP contribution in [0.15, 0.2) is 41.4 Å². The predicted molar refractivity (Wildman–Crippen MR) is 78.5 cm³/mol. The molecule has 2 aromatic rings. The first-order chi connectivity index (χ1) is 10.8. The number of thiocarbonyl (C=S) groups is 1. The van der Waals surface area contributed by atoms with Crippen molar-refractivity contribution in [1.82, 2.24) is 0 Å². The van der Waals surface area contributed by atoms with Gasteiger partial charge < -0.3 is 0 Å². The zero-order valence-electron chi connectivity index (χ0n) is 11.2. The molecule has 0 spiro atoms. The Bertz CT molecular complexity index is 814. The lowest BCUT2D eigenvalue weighted by atomic mass is 10.1. The first-order valence-electron chi connectivity index (χ1n) is 6.07. The van der Waals surface area contributed by atoms with E-state index >= 15 is 0 Å². The van der Waals surface area contributed by atoms with Crippen LogP contribution >= 0.6 is 12.2 Å². The number of halogens is 5. The van der Waals surface area contributed by atoms with Crippen LogP contribution in [0.25, 0.3) is 0 Å².